The van der Waals surface area contributed by atoms with E-state index in [9.17, 15) is 14.9 Å². The van der Waals surface area contributed by atoms with E-state index in [1.165, 1.54) is 12.1 Å². The molecule has 4 rings (SSSR count). The normalized spacial score (nSPS) is 17.8. The standard InChI is InChI=1S/C23H28N4O4/c1-3-25-16-18(31-22-9-5-4-8-21(22)25)15-24(2)23(28)19-14-17(27(29)30)10-11-20(19)26-12-6-7-13-26/h4-5,8-11,14,18H,3,6-7,12-13,15-16H2,1-2H3/t18-/m1/s1. The number of nitro groups is 1. The molecule has 2 aliphatic rings. The fourth-order valence-corrected chi connectivity index (χ4v) is 4.41. The van der Waals surface area contributed by atoms with Crippen molar-refractivity contribution in [2.24, 2.45) is 0 Å². The van der Waals surface area contributed by atoms with Crippen molar-refractivity contribution in [3.8, 4) is 5.75 Å². The van der Waals surface area contributed by atoms with Crippen molar-refractivity contribution >= 4 is 23.0 Å². The number of fused-ring (bicyclic) bond motifs is 1. The molecule has 0 aromatic heterocycles. The van der Waals surface area contributed by atoms with Crippen LogP contribution in [0.2, 0.25) is 0 Å². The molecule has 31 heavy (non-hydrogen) atoms. The van der Waals surface area contributed by atoms with Gasteiger partial charge in [-0.05, 0) is 38.0 Å². The lowest BCUT2D eigenvalue weighted by Crippen LogP contribution is -2.47. The Morgan fingerprint density at radius 3 is 2.65 bits per heavy atom. The average Bonchev–Trinajstić information content (AvgIpc) is 3.32. The smallest absolute Gasteiger partial charge is 0.270 e. The van der Waals surface area contributed by atoms with E-state index in [0.717, 1.165) is 49.6 Å². The van der Waals surface area contributed by atoms with Crippen LogP contribution in [0, 0.1) is 10.1 Å². The number of nitro benzene ring substituents is 1. The minimum Gasteiger partial charge on any atom is -0.485 e. The molecule has 1 atom stereocenters. The van der Waals surface area contributed by atoms with Crippen molar-refractivity contribution in [3.05, 3.63) is 58.1 Å². The van der Waals surface area contributed by atoms with Gasteiger partial charge in [0.25, 0.3) is 11.6 Å². The van der Waals surface area contributed by atoms with Gasteiger partial charge in [-0.3, -0.25) is 14.9 Å². The average molecular weight is 425 g/mol. The van der Waals surface area contributed by atoms with Crippen molar-refractivity contribution in [3.63, 3.8) is 0 Å². The van der Waals surface area contributed by atoms with Crippen molar-refractivity contribution in [1.29, 1.82) is 0 Å². The third-order valence-electron chi connectivity index (χ3n) is 6.00. The number of anilines is 2. The molecule has 2 aromatic rings. The number of hydrogen-bond donors (Lipinski definition) is 0. The Labute approximate surface area is 182 Å². The summed E-state index contributed by atoms with van der Waals surface area (Å²) in [5.74, 6) is 0.589. The first-order chi connectivity index (χ1) is 15.0. The second-order valence-corrected chi connectivity index (χ2v) is 8.08. The highest BCUT2D eigenvalue weighted by Gasteiger charge is 2.29. The van der Waals surface area contributed by atoms with Crippen LogP contribution >= 0.6 is 0 Å². The first-order valence-electron chi connectivity index (χ1n) is 10.8. The number of carbonyl (C=O) groups is 1. The summed E-state index contributed by atoms with van der Waals surface area (Å²) in [7, 11) is 1.73. The summed E-state index contributed by atoms with van der Waals surface area (Å²) in [5.41, 5.74) is 2.14. The van der Waals surface area contributed by atoms with E-state index >= 15 is 0 Å². The first kappa shape index (κ1) is 21.0. The quantitative estimate of drug-likeness (QED) is 0.521. The van der Waals surface area contributed by atoms with Crippen LogP contribution in [0.1, 0.15) is 30.1 Å². The molecule has 2 heterocycles. The molecular formula is C23H28N4O4. The third kappa shape index (κ3) is 4.28. The summed E-state index contributed by atoms with van der Waals surface area (Å²) >= 11 is 0. The van der Waals surface area contributed by atoms with E-state index in [2.05, 4.69) is 16.7 Å². The molecule has 8 heteroatoms. The van der Waals surface area contributed by atoms with E-state index in [4.69, 9.17) is 4.74 Å². The van der Waals surface area contributed by atoms with E-state index in [-0.39, 0.29) is 17.7 Å². The van der Waals surface area contributed by atoms with Crippen LogP contribution in [-0.2, 0) is 0 Å². The van der Waals surface area contributed by atoms with Crippen LogP contribution in [0.3, 0.4) is 0 Å². The summed E-state index contributed by atoms with van der Waals surface area (Å²) < 4.78 is 6.16. The molecule has 1 fully saturated rings. The van der Waals surface area contributed by atoms with Gasteiger partial charge in [-0.25, -0.2) is 0 Å². The van der Waals surface area contributed by atoms with Gasteiger partial charge in [-0.15, -0.1) is 0 Å². The number of amides is 1. The predicted octanol–water partition coefficient (Wildman–Crippen LogP) is 3.55. The maximum Gasteiger partial charge on any atom is 0.270 e. The SMILES string of the molecule is CCN1C[C@@H](CN(C)C(=O)c2cc([N+](=O)[O-])ccc2N2CCCC2)Oc2ccccc21. The lowest BCUT2D eigenvalue weighted by molar-refractivity contribution is -0.384. The number of para-hydroxylation sites is 2. The fraction of sp³-hybridized carbons (Fsp3) is 0.435. The Morgan fingerprint density at radius 1 is 1.19 bits per heavy atom. The first-order valence-corrected chi connectivity index (χ1v) is 10.8. The van der Waals surface area contributed by atoms with Crippen LogP contribution in [0.15, 0.2) is 42.5 Å². The van der Waals surface area contributed by atoms with E-state index in [1.54, 1.807) is 18.0 Å². The van der Waals surface area contributed by atoms with Crippen molar-refractivity contribution in [1.82, 2.24) is 4.90 Å². The van der Waals surface area contributed by atoms with Gasteiger partial charge in [-0.2, -0.15) is 0 Å². The van der Waals surface area contributed by atoms with Crippen LogP contribution in [0.4, 0.5) is 17.1 Å². The highest BCUT2D eigenvalue weighted by molar-refractivity contribution is 6.00. The number of ether oxygens (including phenoxy) is 1. The maximum atomic E-state index is 13.4. The van der Waals surface area contributed by atoms with Gasteiger partial charge in [0.1, 0.15) is 11.9 Å². The number of non-ortho nitro benzene ring substituents is 1. The molecule has 0 radical (unpaired) electrons. The molecule has 2 aliphatic heterocycles. The number of nitrogens with zero attached hydrogens (tertiary/aromatic N) is 4. The second-order valence-electron chi connectivity index (χ2n) is 8.08. The maximum absolute atomic E-state index is 13.4. The topological polar surface area (TPSA) is 79.2 Å². The molecule has 8 nitrogen and oxygen atoms in total. The molecule has 0 N–H and O–H groups in total. The van der Waals surface area contributed by atoms with E-state index < -0.39 is 4.92 Å². The summed E-state index contributed by atoms with van der Waals surface area (Å²) in [6.07, 6.45) is 1.93. The monoisotopic (exact) mass is 424 g/mol. The third-order valence-corrected chi connectivity index (χ3v) is 6.00. The summed E-state index contributed by atoms with van der Waals surface area (Å²) in [6.45, 7) is 5.73. The summed E-state index contributed by atoms with van der Waals surface area (Å²) in [4.78, 5) is 30.2. The number of hydrogen-bond acceptors (Lipinski definition) is 6. The second kappa shape index (κ2) is 8.83. The molecule has 1 amide bonds. The summed E-state index contributed by atoms with van der Waals surface area (Å²) in [5, 5.41) is 11.3. The van der Waals surface area contributed by atoms with Gasteiger partial charge in [0.2, 0.25) is 0 Å². The van der Waals surface area contributed by atoms with E-state index in [0.29, 0.717) is 18.7 Å². The summed E-state index contributed by atoms with van der Waals surface area (Å²) in [6, 6.07) is 12.5. The van der Waals surface area contributed by atoms with Gasteiger partial charge in [0.15, 0.2) is 0 Å². The van der Waals surface area contributed by atoms with Crippen LogP contribution in [0.25, 0.3) is 0 Å². The lowest BCUT2D eigenvalue weighted by atomic mass is 10.1. The molecule has 0 saturated carbocycles. The number of likely N-dealkylation sites (N-methyl/N-ethyl adjacent to an activating group) is 2. The molecular weight excluding hydrogens is 396 g/mol. The lowest BCUT2D eigenvalue weighted by Gasteiger charge is -2.37. The Hall–Kier alpha value is -3.29. The zero-order valence-corrected chi connectivity index (χ0v) is 18.0. The van der Waals surface area contributed by atoms with Gasteiger partial charge in [0, 0.05) is 38.8 Å². The Kier molecular flexibility index (Phi) is 5.97. The van der Waals surface area contributed by atoms with Gasteiger partial charge < -0.3 is 19.4 Å². The van der Waals surface area contributed by atoms with E-state index in [1.807, 2.05) is 24.3 Å². The molecule has 164 valence electrons. The predicted molar refractivity (Wildman–Crippen MR) is 120 cm³/mol. The fourth-order valence-electron chi connectivity index (χ4n) is 4.41. The van der Waals surface area contributed by atoms with Gasteiger partial charge >= 0.3 is 0 Å². The zero-order chi connectivity index (χ0) is 22.0. The molecule has 0 aliphatic carbocycles. The van der Waals surface area contributed by atoms with Crippen LogP contribution in [-0.4, -0.2) is 61.6 Å². The Balaban J connectivity index is 1.55. The minimum atomic E-state index is -0.454. The Morgan fingerprint density at radius 2 is 1.94 bits per heavy atom. The molecule has 0 unspecified atom stereocenters. The number of carbonyl (C=O) groups excluding carboxylic acids is 1. The largest absolute Gasteiger partial charge is 0.485 e. The van der Waals surface area contributed by atoms with Crippen LogP contribution < -0.4 is 14.5 Å². The number of rotatable bonds is 6. The van der Waals surface area contributed by atoms with Crippen molar-refractivity contribution < 1.29 is 14.5 Å². The highest BCUT2D eigenvalue weighted by Crippen LogP contribution is 2.33. The molecule has 0 bridgehead atoms. The van der Waals surface area contributed by atoms with Gasteiger partial charge in [0.05, 0.1) is 35.0 Å². The minimum absolute atomic E-state index is 0.0697. The number of benzene rings is 2. The van der Waals surface area contributed by atoms with Crippen molar-refractivity contribution in [2.75, 3.05) is 49.6 Å². The molecule has 0 spiro atoms. The molecule has 2 aromatic carbocycles. The zero-order valence-electron chi connectivity index (χ0n) is 18.0. The van der Waals surface area contributed by atoms with Crippen molar-refractivity contribution in [2.45, 2.75) is 25.9 Å². The highest BCUT2D eigenvalue weighted by atomic mass is 16.6. The Bertz CT molecular complexity index is 974. The van der Waals surface area contributed by atoms with Gasteiger partial charge in [-0.1, -0.05) is 12.1 Å². The van der Waals surface area contributed by atoms with Crippen LogP contribution in [0.5, 0.6) is 5.75 Å². The molecule has 1 saturated heterocycles.